The second-order valence-electron chi connectivity index (χ2n) is 6.45. The van der Waals surface area contributed by atoms with Gasteiger partial charge in [0, 0.05) is 5.56 Å². The SMILES string of the molecule is O=C(COc1ccccc1-c1ccccc1)NCC1COc2ccccc2O1. The van der Waals surface area contributed by atoms with Crippen molar-refractivity contribution in [3.8, 4) is 28.4 Å². The van der Waals surface area contributed by atoms with Crippen LogP contribution in [0.25, 0.3) is 11.1 Å². The molecule has 1 amide bonds. The van der Waals surface area contributed by atoms with Crippen molar-refractivity contribution in [3.05, 3.63) is 78.9 Å². The Morgan fingerprint density at radius 3 is 2.50 bits per heavy atom. The summed E-state index contributed by atoms with van der Waals surface area (Å²) in [6, 6.07) is 25.1. The molecule has 28 heavy (non-hydrogen) atoms. The second kappa shape index (κ2) is 8.48. The van der Waals surface area contributed by atoms with Gasteiger partial charge in [0.25, 0.3) is 5.91 Å². The first-order valence-corrected chi connectivity index (χ1v) is 9.22. The number of ether oxygens (including phenoxy) is 3. The number of hydrogen-bond acceptors (Lipinski definition) is 4. The largest absolute Gasteiger partial charge is 0.486 e. The van der Waals surface area contributed by atoms with Gasteiger partial charge in [-0.1, -0.05) is 60.7 Å². The van der Waals surface area contributed by atoms with Gasteiger partial charge in [-0.2, -0.15) is 0 Å². The fourth-order valence-electron chi connectivity index (χ4n) is 3.03. The number of rotatable bonds is 6. The van der Waals surface area contributed by atoms with Crippen LogP contribution in [0.4, 0.5) is 0 Å². The van der Waals surface area contributed by atoms with Gasteiger partial charge in [-0.15, -0.1) is 0 Å². The minimum absolute atomic E-state index is 0.0615. The molecule has 4 rings (SSSR count). The minimum atomic E-state index is -0.226. The summed E-state index contributed by atoms with van der Waals surface area (Å²) in [5.41, 5.74) is 2.00. The number of amides is 1. The minimum Gasteiger partial charge on any atom is -0.486 e. The van der Waals surface area contributed by atoms with Gasteiger partial charge < -0.3 is 19.5 Å². The molecule has 1 N–H and O–H groups in total. The van der Waals surface area contributed by atoms with Crippen LogP contribution >= 0.6 is 0 Å². The summed E-state index contributed by atoms with van der Waals surface area (Å²) in [5.74, 6) is 1.90. The maximum atomic E-state index is 12.2. The number of benzene rings is 3. The van der Waals surface area contributed by atoms with Crippen molar-refractivity contribution in [2.75, 3.05) is 19.8 Å². The number of nitrogens with one attached hydrogen (secondary N) is 1. The Bertz CT molecular complexity index is 942. The van der Waals surface area contributed by atoms with Gasteiger partial charge in [-0.05, 0) is 23.8 Å². The molecule has 0 spiro atoms. The lowest BCUT2D eigenvalue weighted by atomic mass is 10.1. The Kier molecular flexibility index (Phi) is 5.43. The van der Waals surface area contributed by atoms with Crippen LogP contribution in [0.3, 0.4) is 0 Å². The molecular formula is C23H21NO4. The second-order valence-corrected chi connectivity index (χ2v) is 6.45. The zero-order chi connectivity index (χ0) is 19.2. The first-order valence-electron chi connectivity index (χ1n) is 9.22. The van der Waals surface area contributed by atoms with Crippen LogP contribution in [0, 0.1) is 0 Å². The van der Waals surface area contributed by atoms with E-state index in [2.05, 4.69) is 5.32 Å². The Balaban J connectivity index is 1.30. The monoisotopic (exact) mass is 375 g/mol. The molecule has 3 aromatic carbocycles. The van der Waals surface area contributed by atoms with Gasteiger partial charge in [0.15, 0.2) is 18.1 Å². The van der Waals surface area contributed by atoms with Crippen molar-refractivity contribution >= 4 is 5.91 Å². The number of fused-ring (bicyclic) bond motifs is 1. The summed E-state index contributed by atoms with van der Waals surface area (Å²) < 4.78 is 17.3. The zero-order valence-electron chi connectivity index (χ0n) is 15.3. The van der Waals surface area contributed by atoms with E-state index in [1.54, 1.807) is 0 Å². The molecule has 0 fully saturated rings. The van der Waals surface area contributed by atoms with Crippen molar-refractivity contribution in [2.45, 2.75) is 6.10 Å². The summed E-state index contributed by atoms with van der Waals surface area (Å²) in [7, 11) is 0. The molecule has 1 unspecified atom stereocenters. The van der Waals surface area contributed by atoms with E-state index in [9.17, 15) is 4.79 Å². The predicted octanol–water partition coefficient (Wildman–Crippen LogP) is 3.69. The molecule has 5 nitrogen and oxygen atoms in total. The zero-order valence-corrected chi connectivity index (χ0v) is 15.3. The number of carbonyl (C=O) groups is 1. The average Bonchev–Trinajstić information content (AvgIpc) is 2.77. The Morgan fingerprint density at radius 1 is 0.929 bits per heavy atom. The van der Waals surface area contributed by atoms with Crippen molar-refractivity contribution in [1.29, 1.82) is 0 Å². The summed E-state index contributed by atoms with van der Waals surface area (Å²) >= 11 is 0. The molecule has 5 heteroatoms. The molecule has 0 aromatic heterocycles. The van der Waals surface area contributed by atoms with E-state index in [4.69, 9.17) is 14.2 Å². The Morgan fingerprint density at radius 2 is 1.64 bits per heavy atom. The van der Waals surface area contributed by atoms with Crippen LogP contribution in [0.1, 0.15) is 0 Å². The molecular weight excluding hydrogens is 354 g/mol. The molecule has 1 aliphatic rings. The third kappa shape index (κ3) is 4.26. The standard InChI is InChI=1S/C23H21NO4/c25-23(24-14-18-15-26-21-12-6-7-13-22(21)28-18)16-27-20-11-5-4-10-19(20)17-8-2-1-3-9-17/h1-13,18H,14-16H2,(H,24,25). The van der Waals surface area contributed by atoms with E-state index in [1.807, 2.05) is 78.9 Å². The fraction of sp³-hybridized carbons (Fsp3) is 0.174. The molecule has 0 aliphatic carbocycles. The molecule has 3 aromatic rings. The highest BCUT2D eigenvalue weighted by Crippen LogP contribution is 2.31. The van der Waals surface area contributed by atoms with E-state index >= 15 is 0 Å². The highest BCUT2D eigenvalue weighted by Gasteiger charge is 2.21. The molecule has 0 radical (unpaired) electrons. The molecule has 0 saturated heterocycles. The van der Waals surface area contributed by atoms with Crippen LogP contribution in [0.2, 0.25) is 0 Å². The highest BCUT2D eigenvalue weighted by atomic mass is 16.6. The average molecular weight is 375 g/mol. The molecule has 142 valence electrons. The number of para-hydroxylation sites is 3. The Hall–Kier alpha value is -3.47. The van der Waals surface area contributed by atoms with E-state index in [-0.39, 0.29) is 18.6 Å². The summed E-state index contributed by atoms with van der Waals surface area (Å²) in [4.78, 5) is 12.2. The molecule has 1 aliphatic heterocycles. The van der Waals surface area contributed by atoms with E-state index in [0.29, 0.717) is 24.7 Å². The lowest BCUT2D eigenvalue weighted by Crippen LogP contribution is -2.42. The Labute approximate surface area is 163 Å². The normalized spacial score (nSPS) is 14.9. The van der Waals surface area contributed by atoms with Crippen LogP contribution < -0.4 is 19.5 Å². The van der Waals surface area contributed by atoms with Gasteiger partial charge in [0.2, 0.25) is 0 Å². The lowest BCUT2D eigenvalue weighted by Gasteiger charge is -2.26. The van der Waals surface area contributed by atoms with Gasteiger partial charge >= 0.3 is 0 Å². The van der Waals surface area contributed by atoms with Crippen LogP contribution in [0.15, 0.2) is 78.9 Å². The summed E-state index contributed by atoms with van der Waals surface area (Å²) in [6.45, 7) is 0.694. The van der Waals surface area contributed by atoms with Crippen LogP contribution in [0.5, 0.6) is 17.2 Å². The van der Waals surface area contributed by atoms with Crippen LogP contribution in [-0.4, -0.2) is 31.8 Å². The first kappa shape index (κ1) is 17.9. The van der Waals surface area contributed by atoms with E-state index in [1.165, 1.54) is 0 Å². The third-order valence-electron chi connectivity index (χ3n) is 4.43. The quantitative estimate of drug-likeness (QED) is 0.714. The highest BCUT2D eigenvalue weighted by molar-refractivity contribution is 5.78. The lowest BCUT2D eigenvalue weighted by molar-refractivity contribution is -0.123. The topological polar surface area (TPSA) is 56.8 Å². The summed E-state index contributed by atoms with van der Waals surface area (Å²) in [5, 5.41) is 2.84. The molecule has 0 bridgehead atoms. The van der Waals surface area contributed by atoms with E-state index < -0.39 is 0 Å². The van der Waals surface area contributed by atoms with Crippen molar-refractivity contribution in [3.63, 3.8) is 0 Å². The predicted molar refractivity (Wildman–Crippen MR) is 107 cm³/mol. The van der Waals surface area contributed by atoms with Gasteiger partial charge in [-0.25, -0.2) is 0 Å². The fourth-order valence-corrected chi connectivity index (χ4v) is 3.03. The van der Waals surface area contributed by atoms with Gasteiger partial charge in [0.1, 0.15) is 18.5 Å². The maximum Gasteiger partial charge on any atom is 0.258 e. The van der Waals surface area contributed by atoms with Crippen molar-refractivity contribution in [2.24, 2.45) is 0 Å². The van der Waals surface area contributed by atoms with Gasteiger partial charge in [0.05, 0.1) is 6.54 Å². The van der Waals surface area contributed by atoms with Crippen LogP contribution in [-0.2, 0) is 4.79 Å². The van der Waals surface area contributed by atoms with E-state index in [0.717, 1.165) is 16.9 Å². The van der Waals surface area contributed by atoms with Crippen molar-refractivity contribution in [1.82, 2.24) is 5.32 Å². The summed E-state index contributed by atoms with van der Waals surface area (Å²) in [6.07, 6.45) is -0.226. The van der Waals surface area contributed by atoms with Gasteiger partial charge in [-0.3, -0.25) is 4.79 Å². The number of hydrogen-bond donors (Lipinski definition) is 1. The van der Waals surface area contributed by atoms with Crippen molar-refractivity contribution < 1.29 is 19.0 Å². The first-order chi connectivity index (χ1) is 13.8. The molecule has 1 heterocycles. The molecule has 0 saturated carbocycles. The third-order valence-corrected chi connectivity index (χ3v) is 4.43. The number of carbonyl (C=O) groups excluding carboxylic acids is 1. The smallest absolute Gasteiger partial charge is 0.258 e. The maximum absolute atomic E-state index is 12.2. The molecule has 1 atom stereocenters.